The molecule has 2 amide bonds. The number of nitrogens with zero attached hydrogens (tertiary/aromatic N) is 4. The molecule has 0 aliphatic carbocycles. The van der Waals surface area contributed by atoms with E-state index < -0.39 is 8.32 Å². The van der Waals surface area contributed by atoms with Crippen LogP contribution in [0.25, 0.3) is 22.3 Å². The molecule has 4 aromatic rings. The van der Waals surface area contributed by atoms with Crippen molar-refractivity contribution in [2.45, 2.75) is 117 Å². The highest BCUT2D eigenvalue weighted by atomic mass is 28.4. The van der Waals surface area contributed by atoms with Crippen LogP contribution in [0.4, 0.5) is 11.4 Å². The molecule has 7 rings (SSSR count). The van der Waals surface area contributed by atoms with Gasteiger partial charge in [-0.1, -0.05) is 72.0 Å². The normalized spacial score (nSPS) is 16.9. The fourth-order valence-electron chi connectivity index (χ4n) is 7.55. The maximum absolute atomic E-state index is 12.7. The van der Waals surface area contributed by atoms with E-state index in [0.717, 1.165) is 47.5 Å². The van der Waals surface area contributed by atoms with E-state index >= 15 is 0 Å². The third-order valence-corrected chi connectivity index (χ3v) is 16.9. The Morgan fingerprint density at radius 1 is 0.712 bits per heavy atom. The van der Waals surface area contributed by atoms with Crippen LogP contribution in [0.3, 0.4) is 0 Å². The Labute approximate surface area is 392 Å². The van der Waals surface area contributed by atoms with Crippen molar-refractivity contribution in [2.24, 2.45) is 0 Å². The summed E-state index contributed by atoms with van der Waals surface area (Å²) in [6.45, 7) is 14.5. The van der Waals surface area contributed by atoms with Crippen LogP contribution in [0, 0.1) is 10.4 Å². The minimum absolute atomic E-state index is 0. The fourth-order valence-corrected chi connectivity index (χ4v) is 8.59. The van der Waals surface area contributed by atoms with Crippen molar-refractivity contribution in [1.29, 1.82) is 0 Å². The molecule has 0 bridgehead atoms. The molecule has 0 spiro atoms. The number of aliphatic hydroxyl groups is 1. The van der Waals surface area contributed by atoms with Gasteiger partial charge >= 0.3 is 0 Å². The van der Waals surface area contributed by atoms with Gasteiger partial charge in [-0.15, -0.1) is 0 Å². The monoisotopic (exact) mass is 932 g/mol. The first-order valence-electron chi connectivity index (χ1n) is 21.7. The molecule has 0 saturated carbocycles. The lowest BCUT2D eigenvalue weighted by Gasteiger charge is -2.38. The first-order chi connectivity index (χ1) is 30.5. The van der Waals surface area contributed by atoms with Crippen LogP contribution in [0.1, 0.15) is 85.3 Å². The van der Waals surface area contributed by atoms with E-state index in [4.69, 9.17) is 23.8 Å². The Bertz CT molecular complexity index is 2150. The summed E-state index contributed by atoms with van der Waals surface area (Å²) in [5.74, 6) is 1.44. The minimum atomic E-state index is -1.90. The van der Waals surface area contributed by atoms with Gasteiger partial charge in [0.25, 0.3) is 0 Å². The van der Waals surface area contributed by atoms with Crippen molar-refractivity contribution in [1.82, 2.24) is 9.80 Å². The van der Waals surface area contributed by atoms with Gasteiger partial charge in [0, 0.05) is 50.3 Å². The molecule has 66 heavy (non-hydrogen) atoms. The number of hydrogen-bond acceptors (Lipinski definition) is 13. The highest BCUT2D eigenvalue weighted by molar-refractivity contribution is 6.74. The quantitative estimate of drug-likeness (QED) is 0.0800. The Balaban J connectivity index is 0.000000313. The third kappa shape index (κ3) is 14.5. The van der Waals surface area contributed by atoms with Crippen LogP contribution in [-0.2, 0) is 31.8 Å². The number of benzene rings is 4. The van der Waals surface area contributed by atoms with Gasteiger partial charge in [0.1, 0.15) is 11.5 Å². The summed E-state index contributed by atoms with van der Waals surface area (Å²) >= 11 is 0. The Hall–Kier alpha value is -5.04. The summed E-state index contributed by atoms with van der Waals surface area (Å²) in [6.07, 6.45) is 5.00. The molecule has 4 aromatic carbocycles. The van der Waals surface area contributed by atoms with Crippen molar-refractivity contribution in [3.05, 3.63) is 106 Å². The lowest BCUT2D eigenvalue weighted by atomic mass is 10.0. The van der Waals surface area contributed by atoms with Crippen LogP contribution in [-0.4, -0.2) is 98.2 Å². The molecule has 3 saturated heterocycles. The van der Waals surface area contributed by atoms with E-state index in [1.807, 2.05) is 47.4 Å². The van der Waals surface area contributed by atoms with E-state index in [1.54, 1.807) is 49.5 Å². The van der Waals surface area contributed by atoms with Crippen molar-refractivity contribution in [2.75, 3.05) is 51.1 Å². The number of carbonyl (C=O) groups is 2. The van der Waals surface area contributed by atoms with Crippen LogP contribution in [0.5, 0.6) is 11.5 Å². The zero-order chi connectivity index (χ0) is 46.6. The van der Waals surface area contributed by atoms with Gasteiger partial charge in [-0.3, -0.25) is 20.0 Å². The van der Waals surface area contributed by atoms with Gasteiger partial charge < -0.3 is 54.4 Å². The number of ether oxygens (including phenoxy) is 3. The van der Waals surface area contributed by atoms with Crippen LogP contribution in [0.2, 0.25) is 18.1 Å². The lowest BCUT2D eigenvalue weighted by molar-refractivity contribution is -0.130. The summed E-state index contributed by atoms with van der Waals surface area (Å²) in [6, 6.07) is 24.5. The van der Waals surface area contributed by atoms with Gasteiger partial charge in [-0.2, -0.15) is 0 Å². The second-order valence-corrected chi connectivity index (χ2v) is 22.5. The molecular formula is C50H72N4O11Si-2. The van der Waals surface area contributed by atoms with Crippen LogP contribution >= 0.6 is 0 Å². The van der Waals surface area contributed by atoms with E-state index in [1.165, 1.54) is 25.0 Å². The number of carbonyl (C=O) groups excluding carboxylic acids is 2. The predicted octanol–water partition coefficient (Wildman–Crippen LogP) is 10.2. The molecule has 2 atom stereocenters. The zero-order valence-corrected chi connectivity index (χ0v) is 39.1. The van der Waals surface area contributed by atoms with Crippen LogP contribution < -0.4 is 19.9 Å². The molecule has 3 fully saturated rings. The zero-order valence-electron chi connectivity index (χ0n) is 38.1. The third-order valence-electron chi connectivity index (χ3n) is 12.4. The summed E-state index contributed by atoms with van der Waals surface area (Å²) in [7, 11) is 1.24. The summed E-state index contributed by atoms with van der Waals surface area (Å²) in [5.41, 5.74) is 5.10. The fraction of sp³-hybridized carbons (Fsp3) is 0.480. The van der Waals surface area contributed by atoms with Crippen molar-refractivity contribution < 1.29 is 43.7 Å². The van der Waals surface area contributed by atoms with E-state index in [9.17, 15) is 30.3 Å². The topological polar surface area (TPSA) is 191 Å². The average Bonchev–Trinajstić information content (AvgIpc) is 4.06. The molecule has 16 heteroatoms. The standard InChI is InChI=1S/C25H35N2O5Si.C19H21N2O5.C4H8O.2CH4/c1-25(2,3)33(5,6)32-17-21-11-13-24(28)26(21)16-18-10-12-23(31-4)22(14-18)19-8-7-9-20(15-19)27(29)30;1-26-18-7-5-13(11-20-16(12-22)6-8-19(20)23)9-17(18)14-3-2-4-15(10-14)21(24)25;1-2-4-5-3-1;;/h7-10,12,14-15,21,29H,11,13,16-17H2,1-6H3;2-5,7,9-10,16,22,24H,6,8,11-12H2,1H3;1-4H2;2*1H4/q2*-1;;;/t21-;16-;;;/m11.../s1. The maximum Gasteiger partial charge on any atom is 0.223 e. The molecule has 0 aromatic heterocycles. The van der Waals surface area contributed by atoms with E-state index in [-0.39, 0.29) is 72.2 Å². The average molecular weight is 933 g/mol. The second-order valence-electron chi connectivity index (χ2n) is 17.7. The highest BCUT2D eigenvalue weighted by Gasteiger charge is 2.40. The molecule has 3 aliphatic heterocycles. The van der Waals surface area contributed by atoms with Gasteiger partial charge in [0.05, 0.1) is 50.9 Å². The van der Waals surface area contributed by atoms with Crippen molar-refractivity contribution >= 4 is 31.5 Å². The largest absolute Gasteiger partial charge is 0.733 e. The predicted molar refractivity (Wildman–Crippen MR) is 263 cm³/mol. The summed E-state index contributed by atoms with van der Waals surface area (Å²) in [5, 5.41) is 50.1. The number of methoxy groups -OCH3 is 2. The number of anilines is 2. The highest BCUT2D eigenvalue weighted by Crippen LogP contribution is 2.38. The maximum atomic E-state index is 12.7. The number of amides is 2. The Morgan fingerprint density at radius 2 is 1.15 bits per heavy atom. The number of likely N-dealkylation sites (tertiary alicyclic amines) is 2. The molecule has 0 radical (unpaired) electrons. The lowest BCUT2D eigenvalue weighted by Crippen LogP contribution is -2.45. The Kier molecular flexibility index (Phi) is 21.1. The smallest absolute Gasteiger partial charge is 0.223 e. The number of aliphatic hydroxyl groups excluding tert-OH is 1. The van der Waals surface area contributed by atoms with E-state index in [0.29, 0.717) is 56.0 Å². The molecule has 3 heterocycles. The van der Waals surface area contributed by atoms with E-state index in [2.05, 4.69) is 33.9 Å². The molecule has 3 N–H and O–H groups in total. The SMILES string of the molecule is C.C.C1CCOC1.COc1ccc(CN2C(=O)CC[C@@H]2CO)cc1-c1cccc(N([O-])O)c1.COc1ccc(CN2C(=O)CC[C@@H]2CO[Si](C)(C)C(C)(C)C)cc1-c1cccc(N([O-])O)c1. The number of hydrogen-bond donors (Lipinski definition) is 3. The van der Waals surface area contributed by atoms with Crippen molar-refractivity contribution in [3.63, 3.8) is 0 Å². The Morgan fingerprint density at radius 3 is 1.53 bits per heavy atom. The molecule has 3 aliphatic rings. The molecule has 15 nitrogen and oxygen atoms in total. The van der Waals surface area contributed by atoms with Crippen molar-refractivity contribution in [3.8, 4) is 33.8 Å². The van der Waals surface area contributed by atoms with Gasteiger partial charge in [0.2, 0.25) is 11.8 Å². The molecule has 0 unspecified atom stereocenters. The van der Waals surface area contributed by atoms with Crippen LogP contribution in [0.15, 0.2) is 84.9 Å². The van der Waals surface area contributed by atoms with Gasteiger partial charge in [0.15, 0.2) is 8.32 Å². The first-order valence-corrected chi connectivity index (χ1v) is 24.7. The molecular weight excluding hydrogens is 861 g/mol. The number of rotatable bonds is 14. The van der Waals surface area contributed by atoms with Gasteiger partial charge in [-0.25, -0.2) is 0 Å². The summed E-state index contributed by atoms with van der Waals surface area (Å²) < 4.78 is 22.3. The summed E-state index contributed by atoms with van der Waals surface area (Å²) in [4.78, 5) is 28.4. The first kappa shape index (κ1) is 55.3. The minimum Gasteiger partial charge on any atom is -0.733 e. The molecule has 364 valence electrons. The van der Waals surface area contributed by atoms with Gasteiger partial charge in [-0.05, 0) is 115 Å². The second kappa shape index (κ2) is 25.2.